The van der Waals surface area contributed by atoms with E-state index in [0.29, 0.717) is 17.9 Å². The maximum atomic E-state index is 3.55. The van der Waals surface area contributed by atoms with Gasteiger partial charge in [-0.2, -0.15) is 0 Å². The highest BCUT2D eigenvalue weighted by Crippen LogP contribution is 2.32. The van der Waals surface area contributed by atoms with Crippen LogP contribution >= 0.6 is 0 Å². The molecule has 1 atom stereocenters. The van der Waals surface area contributed by atoms with Gasteiger partial charge < -0.3 is 5.32 Å². The molecule has 0 aliphatic carbocycles. The van der Waals surface area contributed by atoms with Crippen LogP contribution < -0.4 is 10.6 Å². The molecule has 1 aliphatic rings. The first-order valence-corrected chi connectivity index (χ1v) is 6.68. The van der Waals surface area contributed by atoms with Crippen LogP contribution in [0.3, 0.4) is 0 Å². The molecule has 1 unspecified atom stereocenters. The molecule has 1 aromatic carbocycles. The summed E-state index contributed by atoms with van der Waals surface area (Å²) in [6.45, 7) is 11.1. The highest BCUT2D eigenvalue weighted by atomic mass is 15.2. The molecule has 2 nitrogen and oxygen atoms in total. The molecule has 0 saturated carbocycles. The second-order valence-corrected chi connectivity index (χ2v) is 5.55. The van der Waals surface area contributed by atoms with Gasteiger partial charge in [-0.1, -0.05) is 45.9 Å². The van der Waals surface area contributed by atoms with Gasteiger partial charge in [0, 0.05) is 19.3 Å². The highest BCUT2D eigenvalue weighted by molar-refractivity contribution is 5.41. The molecule has 17 heavy (non-hydrogen) atoms. The van der Waals surface area contributed by atoms with E-state index in [2.05, 4.69) is 56.5 Å². The van der Waals surface area contributed by atoms with Gasteiger partial charge in [0.2, 0.25) is 0 Å². The van der Waals surface area contributed by atoms with E-state index in [4.69, 9.17) is 0 Å². The fraction of sp³-hybridized carbons (Fsp3) is 0.600. The first-order chi connectivity index (χ1) is 8.11. The van der Waals surface area contributed by atoms with Crippen molar-refractivity contribution in [3.05, 3.63) is 34.9 Å². The van der Waals surface area contributed by atoms with Crippen molar-refractivity contribution in [1.82, 2.24) is 10.6 Å². The molecule has 1 heterocycles. The lowest BCUT2D eigenvalue weighted by Gasteiger charge is -2.23. The van der Waals surface area contributed by atoms with Gasteiger partial charge in [0.05, 0.1) is 0 Å². The Kier molecular flexibility index (Phi) is 3.85. The van der Waals surface area contributed by atoms with E-state index in [9.17, 15) is 0 Å². The minimum atomic E-state index is 0.478. The van der Waals surface area contributed by atoms with E-state index in [-0.39, 0.29) is 0 Å². The summed E-state index contributed by atoms with van der Waals surface area (Å²) < 4.78 is 0. The Morgan fingerprint density at radius 1 is 1.06 bits per heavy atom. The van der Waals surface area contributed by atoms with E-state index in [1.54, 1.807) is 0 Å². The van der Waals surface area contributed by atoms with Crippen molar-refractivity contribution < 1.29 is 0 Å². The van der Waals surface area contributed by atoms with E-state index >= 15 is 0 Å². The quantitative estimate of drug-likeness (QED) is 0.836. The SMILES string of the molecule is CC(C)c1cccc(C(C)C)c1C1CNCN1. The smallest absolute Gasteiger partial charge is 0.0462 e. The van der Waals surface area contributed by atoms with Crippen LogP contribution in [0.25, 0.3) is 0 Å². The predicted molar refractivity (Wildman–Crippen MR) is 73.4 cm³/mol. The third kappa shape index (κ3) is 2.53. The number of rotatable bonds is 3. The number of benzene rings is 1. The van der Waals surface area contributed by atoms with Gasteiger partial charge in [-0.3, -0.25) is 5.32 Å². The van der Waals surface area contributed by atoms with Gasteiger partial charge in [0.15, 0.2) is 0 Å². The average molecular weight is 232 g/mol. The lowest BCUT2D eigenvalue weighted by Crippen LogP contribution is -2.19. The summed E-state index contributed by atoms with van der Waals surface area (Å²) in [4.78, 5) is 0. The molecule has 94 valence electrons. The summed E-state index contributed by atoms with van der Waals surface area (Å²) in [7, 11) is 0. The maximum absolute atomic E-state index is 3.55. The number of hydrogen-bond acceptors (Lipinski definition) is 2. The van der Waals surface area contributed by atoms with Crippen molar-refractivity contribution in [2.24, 2.45) is 0 Å². The molecule has 1 fully saturated rings. The second kappa shape index (κ2) is 5.19. The Morgan fingerprint density at radius 2 is 1.65 bits per heavy atom. The third-order valence-corrected chi connectivity index (χ3v) is 3.59. The van der Waals surface area contributed by atoms with Crippen LogP contribution in [-0.4, -0.2) is 13.2 Å². The Labute approximate surface area is 105 Å². The van der Waals surface area contributed by atoms with Crippen LogP contribution in [0.5, 0.6) is 0 Å². The summed E-state index contributed by atoms with van der Waals surface area (Å²) in [5.41, 5.74) is 4.53. The Balaban J connectivity index is 2.49. The van der Waals surface area contributed by atoms with Crippen LogP contribution in [0.2, 0.25) is 0 Å². The van der Waals surface area contributed by atoms with Crippen molar-refractivity contribution in [1.29, 1.82) is 0 Å². The van der Waals surface area contributed by atoms with Crippen LogP contribution in [0.1, 0.15) is 62.3 Å². The molecule has 0 radical (unpaired) electrons. The van der Waals surface area contributed by atoms with Crippen LogP contribution in [-0.2, 0) is 0 Å². The lowest BCUT2D eigenvalue weighted by molar-refractivity contribution is 0.642. The predicted octanol–water partition coefficient (Wildman–Crippen LogP) is 3.12. The molecular formula is C15H24N2. The number of nitrogens with one attached hydrogen (secondary N) is 2. The zero-order valence-electron chi connectivity index (χ0n) is 11.4. The van der Waals surface area contributed by atoms with E-state index < -0.39 is 0 Å². The minimum absolute atomic E-state index is 0.478. The van der Waals surface area contributed by atoms with Crippen molar-refractivity contribution >= 4 is 0 Å². The maximum Gasteiger partial charge on any atom is 0.0462 e. The zero-order valence-corrected chi connectivity index (χ0v) is 11.4. The van der Waals surface area contributed by atoms with Crippen LogP contribution in [0.4, 0.5) is 0 Å². The summed E-state index contributed by atoms with van der Waals surface area (Å²) in [5.74, 6) is 1.18. The van der Waals surface area contributed by atoms with Crippen molar-refractivity contribution in [3.63, 3.8) is 0 Å². The molecule has 1 aliphatic heterocycles. The molecule has 0 amide bonds. The monoisotopic (exact) mass is 232 g/mol. The molecule has 0 spiro atoms. The summed E-state index contributed by atoms with van der Waals surface area (Å²) >= 11 is 0. The fourth-order valence-corrected chi connectivity index (χ4v) is 2.70. The van der Waals surface area contributed by atoms with E-state index in [1.807, 2.05) is 0 Å². The summed E-state index contributed by atoms with van der Waals surface area (Å²) in [6, 6.07) is 7.25. The first-order valence-electron chi connectivity index (χ1n) is 6.68. The van der Waals surface area contributed by atoms with Gasteiger partial charge in [-0.15, -0.1) is 0 Å². The molecular weight excluding hydrogens is 208 g/mol. The van der Waals surface area contributed by atoms with Gasteiger partial charge in [0.25, 0.3) is 0 Å². The first kappa shape index (κ1) is 12.6. The standard InChI is InChI=1S/C15H24N2/c1-10(2)12-6-5-7-13(11(3)4)15(12)14-8-16-9-17-14/h5-7,10-11,14,16-17H,8-9H2,1-4H3. The molecule has 2 N–H and O–H groups in total. The van der Waals surface area contributed by atoms with Gasteiger partial charge >= 0.3 is 0 Å². The molecule has 0 aromatic heterocycles. The molecule has 2 heteroatoms. The number of hydrogen-bond donors (Lipinski definition) is 2. The Morgan fingerprint density at radius 3 is 2.06 bits per heavy atom. The minimum Gasteiger partial charge on any atom is -0.303 e. The molecule has 2 rings (SSSR count). The van der Waals surface area contributed by atoms with Crippen LogP contribution in [0, 0.1) is 0 Å². The largest absolute Gasteiger partial charge is 0.303 e. The normalized spacial score (nSPS) is 20.5. The van der Waals surface area contributed by atoms with E-state index in [1.165, 1.54) is 16.7 Å². The topological polar surface area (TPSA) is 24.1 Å². The van der Waals surface area contributed by atoms with Crippen LogP contribution in [0.15, 0.2) is 18.2 Å². The average Bonchev–Trinajstić information content (AvgIpc) is 2.80. The summed E-state index contributed by atoms with van der Waals surface area (Å²) in [5, 5.41) is 6.94. The van der Waals surface area contributed by atoms with Crippen molar-refractivity contribution in [2.45, 2.75) is 45.6 Å². The Hall–Kier alpha value is -0.860. The Bertz CT molecular complexity index is 350. The fourth-order valence-electron chi connectivity index (χ4n) is 2.70. The molecule has 1 aromatic rings. The van der Waals surface area contributed by atoms with Gasteiger partial charge in [0.1, 0.15) is 0 Å². The molecule has 0 bridgehead atoms. The van der Waals surface area contributed by atoms with Gasteiger partial charge in [-0.05, 0) is 28.5 Å². The third-order valence-electron chi connectivity index (χ3n) is 3.59. The second-order valence-electron chi connectivity index (χ2n) is 5.55. The summed E-state index contributed by atoms with van der Waals surface area (Å²) in [6.07, 6.45) is 0. The van der Waals surface area contributed by atoms with Crippen molar-refractivity contribution in [2.75, 3.05) is 13.2 Å². The van der Waals surface area contributed by atoms with Crippen molar-refractivity contribution in [3.8, 4) is 0 Å². The molecule has 1 saturated heterocycles. The zero-order chi connectivity index (χ0) is 12.4. The lowest BCUT2D eigenvalue weighted by atomic mass is 9.85. The highest BCUT2D eigenvalue weighted by Gasteiger charge is 2.23. The van der Waals surface area contributed by atoms with E-state index in [0.717, 1.165) is 13.2 Å². The van der Waals surface area contributed by atoms with Gasteiger partial charge in [-0.25, -0.2) is 0 Å².